The number of rotatable bonds is 7. The smallest absolute Gasteiger partial charge is 0.387 e. The first-order valence-corrected chi connectivity index (χ1v) is 12.0. The molecule has 0 spiro atoms. The van der Waals surface area contributed by atoms with E-state index >= 15 is 0 Å². The van der Waals surface area contributed by atoms with Gasteiger partial charge in [-0.05, 0) is 55.3 Å². The molecule has 1 aliphatic heterocycles. The predicted octanol–water partition coefficient (Wildman–Crippen LogP) is 4.06. The summed E-state index contributed by atoms with van der Waals surface area (Å²) in [7, 11) is 1.33. The molecular weight excluding hydrogens is 514 g/mol. The minimum atomic E-state index is -3.00. The van der Waals surface area contributed by atoms with E-state index in [4.69, 9.17) is 21.1 Å². The van der Waals surface area contributed by atoms with E-state index in [0.717, 1.165) is 11.3 Å². The molecule has 2 aromatic carbocycles. The number of methoxy groups -OCH3 is 1. The summed E-state index contributed by atoms with van der Waals surface area (Å²) in [6.07, 6.45) is 1.60. The average Bonchev–Trinajstić information content (AvgIpc) is 3.13. The van der Waals surface area contributed by atoms with Crippen molar-refractivity contribution in [2.45, 2.75) is 26.5 Å². The molecule has 0 radical (unpaired) electrons. The van der Waals surface area contributed by atoms with E-state index in [1.165, 1.54) is 29.9 Å². The summed E-state index contributed by atoms with van der Waals surface area (Å²) in [5.41, 5.74) is 1.52. The normalized spacial score (nSPS) is 15.5. The van der Waals surface area contributed by atoms with Gasteiger partial charge in [-0.1, -0.05) is 41.1 Å². The quantitative estimate of drug-likeness (QED) is 0.427. The summed E-state index contributed by atoms with van der Waals surface area (Å²) in [5, 5.41) is 0.512. The number of hydrogen-bond donors (Lipinski definition) is 0. The standard InChI is InChI=1S/C25H21ClF2N2O5S/c1-4-34-23(32)20-13(2)29-25-30(21(20)15-6-8-16(26)9-7-15)22(31)19(36-25)12-14-5-10-17(35-24(27)28)18(11-14)33-3/h5-12,21,24H,4H2,1-3H3/b19-12+. The number of halogens is 3. The third-order valence-corrected chi connectivity index (χ3v) is 6.64. The number of carbonyl (C=O) groups is 1. The van der Waals surface area contributed by atoms with Gasteiger partial charge in [0, 0.05) is 5.02 Å². The van der Waals surface area contributed by atoms with Crippen LogP contribution in [-0.4, -0.2) is 30.9 Å². The second-order valence-electron chi connectivity index (χ2n) is 7.64. The minimum Gasteiger partial charge on any atom is -0.493 e. The molecule has 2 heterocycles. The van der Waals surface area contributed by atoms with Crippen molar-refractivity contribution in [2.24, 2.45) is 4.99 Å². The zero-order chi connectivity index (χ0) is 26.0. The van der Waals surface area contributed by atoms with Gasteiger partial charge in [0.1, 0.15) is 0 Å². The SMILES string of the molecule is CCOC(=O)C1=C(C)N=c2s/c(=C/c3ccc(OC(F)F)c(OC)c3)c(=O)n2C1c1ccc(Cl)cc1. The zero-order valence-electron chi connectivity index (χ0n) is 19.5. The van der Waals surface area contributed by atoms with Crippen LogP contribution in [0.25, 0.3) is 6.08 Å². The van der Waals surface area contributed by atoms with Crippen molar-refractivity contribution in [1.29, 1.82) is 0 Å². The zero-order valence-corrected chi connectivity index (χ0v) is 21.0. The Bertz CT molecular complexity index is 1510. The molecular formula is C25H21ClF2N2O5S. The summed E-state index contributed by atoms with van der Waals surface area (Å²) >= 11 is 7.20. The van der Waals surface area contributed by atoms with Gasteiger partial charge in [-0.15, -0.1) is 0 Å². The second kappa shape index (κ2) is 10.6. The Morgan fingerprint density at radius 2 is 1.94 bits per heavy atom. The Kier molecular flexibility index (Phi) is 7.56. The van der Waals surface area contributed by atoms with Crippen LogP contribution in [0.1, 0.15) is 31.0 Å². The minimum absolute atomic E-state index is 0.0938. The van der Waals surface area contributed by atoms with E-state index in [2.05, 4.69) is 9.73 Å². The van der Waals surface area contributed by atoms with Crippen molar-refractivity contribution >= 4 is 35.0 Å². The Labute approximate surface area is 213 Å². The lowest BCUT2D eigenvalue weighted by Crippen LogP contribution is -2.39. The first-order chi connectivity index (χ1) is 17.2. The van der Waals surface area contributed by atoms with Crippen LogP contribution < -0.4 is 24.4 Å². The fourth-order valence-electron chi connectivity index (χ4n) is 3.87. The Balaban J connectivity index is 1.88. The number of hydrogen-bond acceptors (Lipinski definition) is 7. The Hall–Kier alpha value is -3.50. The number of carbonyl (C=O) groups excluding carboxylic acids is 1. The third-order valence-electron chi connectivity index (χ3n) is 5.40. The number of thiazole rings is 1. The van der Waals surface area contributed by atoms with Crippen molar-refractivity contribution in [3.63, 3.8) is 0 Å². The van der Waals surface area contributed by atoms with Gasteiger partial charge in [0.05, 0.1) is 35.6 Å². The predicted molar refractivity (Wildman–Crippen MR) is 131 cm³/mol. The first-order valence-electron chi connectivity index (χ1n) is 10.8. The summed E-state index contributed by atoms with van der Waals surface area (Å²) in [5.74, 6) is -0.591. The molecule has 0 amide bonds. The van der Waals surface area contributed by atoms with Crippen LogP contribution in [0.2, 0.25) is 5.02 Å². The van der Waals surface area contributed by atoms with Crippen molar-refractivity contribution in [3.8, 4) is 11.5 Å². The van der Waals surface area contributed by atoms with Crippen LogP contribution >= 0.6 is 22.9 Å². The maximum absolute atomic E-state index is 13.6. The van der Waals surface area contributed by atoms with E-state index in [0.29, 0.717) is 31.2 Å². The van der Waals surface area contributed by atoms with Crippen LogP contribution in [0.5, 0.6) is 11.5 Å². The Morgan fingerprint density at radius 1 is 1.22 bits per heavy atom. The molecule has 7 nitrogen and oxygen atoms in total. The molecule has 0 saturated carbocycles. The Morgan fingerprint density at radius 3 is 2.58 bits per heavy atom. The lowest BCUT2D eigenvalue weighted by atomic mass is 9.96. The summed E-state index contributed by atoms with van der Waals surface area (Å²) in [4.78, 5) is 31.4. The fraction of sp³-hybridized carbons (Fsp3) is 0.240. The number of allylic oxidation sites excluding steroid dienone is 1. The maximum Gasteiger partial charge on any atom is 0.387 e. The van der Waals surface area contributed by atoms with Crippen LogP contribution in [0, 0.1) is 0 Å². The van der Waals surface area contributed by atoms with Gasteiger partial charge in [0.2, 0.25) is 0 Å². The highest BCUT2D eigenvalue weighted by molar-refractivity contribution is 7.07. The second-order valence-corrected chi connectivity index (χ2v) is 9.09. The summed E-state index contributed by atoms with van der Waals surface area (Å²) in [6.45, 7) is 0.559. The van der Waals surface area contributed by atoms with E-state index in [1.807, 2.05) is 0 Å². The molecule has 1 aliphatic rings. The number of ether oxygens (including phenoxy) is 3. The van der Waals surface area contributed by atoms with Gasteiger partial charge in [-0.3, -0.25) is 9.36 Å². The molecule has 4 rings (SSSR count). The monoisotopic (exact) mass is 534 g/mol. The van der Waals surface area contributed by atoms with Crippen LogP contribution in [0.15, 0.2) is 63.5 Å². The molecule has 11 heteroatoms. The molecule has 3 aromatic rings. The fourth-order valence-corrected chi connectivity index (χ4v) is 5.04. The molecule has 1 aromatic heterocycles. The van der Waals surface area contributed by atoms with Crippen molar-refractivity contribution in [2.75, 3.05) is 13.7 Å². The highest BCUT2D eigenvalue weighted by atomic mass is 35.5. The van der Waals surface area contributed by atoms with Crippen molar-refractivity contribution < 1.29 is 27.8 Å². The molecule has 1 unspecified atom stereocenters. The average molecular weight is 535 g/mol. The van der Waals surface area contributed by atoms with Crippen LogP contribution in [-0.2, 0) is 9.53 Å². The molecule has 0 saturated heterocycles. The molecule has 0 bridgehead atoms. The first kappa shape index (κ1) is 25.6. The maximum atomic E-state index is 13.6. The highest BCUT2D eigenvalue weighted by Gasteiger charge is 2.33. The number of benzene rings is 2. The number of nitrogens with zero attached hydrogens (tertiary/aromatic N) is 2. The highest BCUT2D eigenvalue weighted by Crippen LogP contribution is 2.32. The molecule has 188 valence electrons. The number of esters is 1. The van der Waals surface area contributed by atoms with E-state index in [9.17, 15) is 18.4 Å². The molecule has 36 heavy (non-hydrogen) atoms. The van der Waals surface area contributed by atoms with Gasteiger partial charge >= 0.3 is 12.6 Å². The topological polar surface area (TPSA) is 79.1 Å². The number of alkyl halides is 2. The largest absolute Gasteiger partial charge is 0.493 e. The van der Waals surface area contributed by atoms with Gasteiger partial charge in [0.25, 0.3) is 5.56 Å². The van der Waals surface area contributed by atoms with E-state index in [1.54, 1.807) is 44.2 Å². The summed E-state index contributed by atoms with van der Waals surface area (Å²) in [6, 6.07) is 10.4. The van der Waals surface area contributed by atoms with Gasteiger partial charge in [0.15, 0.2) is 16.3 Å². The van der Waals surface area contributed by atoms with Gasteiger partial charge in [-0.2, -0.15) is 8.78 Å². The summed E-state index contributed by atoms with van der Waals surface area (Å²) < 4.78 is 42.0. The molecule has 0 fully saturated rings. The van der Waals surface area contributed by atoms with E-state index in [-0.39, 0.29) is 29.2 Å². The molecule has 1 atom stereocenters. The van der Waals surface area contributed by atoms with Crippen molar-refractivity contribution in [1.82, 2.24) is 4.57 Å². The van der Waals surface area contributed by atoms with Crippen LogP contribution in [0.4, 0.5) is 8.78 Å². The molecule has 0 N–H and O–H groups in total. The van der Waals surface area contributed by atoms with Gasteiger partial charge < -0.3 is 14.2 Å². The van der Waals surface area contributed by atoms with Crippen molar-refractivity contribution in [3.05, 3.63) is 89.6 Å². The lowest BCUT2D eigenvalue weighted by Gasteiger charge is -2.24. The number of fused-ring (bicyclic) bond motifs is 1. The van der Waals surface area contributed by atoms with Crippen LogP contribution in [0.3, 0.4) is 0 Å². The number of aromatic nitrogens is 1. The third kappa shape index (κ3) is 5.05. The van der Waals surface area contributed by atoms with Gasteiger partial charge in [-0.25, -0.2) is 9.79 Å². The lowest BCUT2D eigenvalue weighted by molar-refractivity contribution is -0.139. The molecule has 0 aliphatic carbocycles. The van der Waals surface area contributed by atoms with E-state index < -0.39 is 18.6 Å².